The van der Waals surface area contributed by atoms with Gasteiger partial charge < -0.3 is 5.11 Å². The fourth-order valence-electron chi connectivity index (χ4n) is 2.11. The smallest absolute Gasteiger partial charge is 0.338 e. The maximum atomic E-state index is 13.5. The normalized spacial score (nSPS) is 11.7. The third-order valence-corrected chi connectivity index (χ3v) is 5.66. The quantitative estimate of drug-likeness (QED) is 0.823. The van der Waals surface area contributed by atoms with Crippen LogP contribution in [0, 0.1) is 11.6 Å². The largest absolute Gasteiger partial charge is 0.478 e. The monoisotopic (exact) mass is 389 g/mol. The molecule has 5 nitrogen and oxygen atoms in total. The van der Waals surface area contributed by atoms with Crippen LogP contribution in [0.15, 0.2) is 41.3 Å². The molecule has 0 spiro atoms. The van der Waals surface area contributed by atoms with Crippen molar-refractivity contribution in [3.63, 3.8) is 0 Å². The first-order chi connectivity index (χ1) is 11.6. The van der Waals surface area contributed by atoms with Crippen molar-refractivity contribution in [3.05, 3.63) is 64.2 Å². The van der Waals surface area contributed by atoms with E-state index in [4.69, 9.17) is 16.7 Å². The molecule has 0 amide bonds. The Bertz CT molecular complexity index is 901. The number of halogens is 3. The van der Waals surface area contributed by atoms with E-state index in [2.05, 4.69) is 0 Å². The molecule has 0 saturated heterocycles. The van der Waals surface area contributed by atoms with E-state index < -0.39 is 38.1 Å². The second-order valence-corrected chi connectivity index (χ2v) is 7.76. The summed E-state index contributed by atoms with van der Waals surface area (Å²) in [7, 11) is -2.90. The van der Waals surface area contributed by atoms with Gasteiger partial charge in [-0.05, 0) is 36.2 Å². The number of carboxylic acids is 1. The highest BCUT2D eigenvalue weighted by molar-refractivity contribution is 7.89. The van der Waals surface area contributed by atoms with Crippen LogP contribution < -0.4 is 0 Å². The Hall–Kier alpha value is -2.03. The van der Waals surface area contributed by atoms with Gasteiger partial charge in [-0.25, -0.2) is 26.3 Å². The van der Waals surface area contributed by atoms with Gasteiger partial charge >= 0.3 is 5.97 Å². The number of likely N-dealkylation sites (N-methyl/N-ethyl adjacent to an activating group) is 1. The van der Waals surface area contributed by atoms with E-state index in [0.29, 0.717) is 23.6 Å². The lowest BCUT2D eigenvalue weighted by atomic mass is 10.1. The van der Waals surface area contributed by atoms with Crippen molar-refractivity contribution in [2.24, 2.45) is 0 Å². The Morgan fingerprint density at radius 2 is 1.80 bits per heavy atom. The van der Waals surface area contributed by atoms with Crippen LogP contribution in [-0.4, -0.2) is 37.4 Å². The number of carbonyl (C=O) groups is 1. The Kier molecular flexibility index (Phi) is 5.76. The van der Waals surface area contributed by atoms with E-state index in [9.17, 15) is 22.0 Å². The number of sulfonamides is 1. The second kappa shape index (κ2) is 7.47. The summed E-state index contributed by atoms with van der Waals surface area (Å²) in [4.78, 5) is 10.3. The Labute approximate surface area is 148 Å². The van der Waals surface area contributed by atoms with E-state index in [-0.39, 0.29) is 6.54 Å². The van der Waals surface area contributed by atoms with E-state index in [0.717, 1.165) is 9.87 Å². The number of carboxylic acid groups (broad SMARTS) is 1. The first-order valence-corrected chi connectivity index (χ1v) is 8.88. The standard InChI is InChI=1S/C16H14ClF2NO4S/c1-20(7-6-10-2-4-11(17)5-3-10)25(23,24)12-8-13(16(21)22)15(19)14(18)9-12/h2-5,8-9H,6-7H2,1H3,(H,21,22). The number of hydrogen-bond acceptors (Lipinski definition) is 3. The minimum atomic E-state index is -4.18. The molecule has 0 atom stereocenters. The first-order valence-electron chi connectivity index (χ1n) is 7.06. The number of benzene rings is 2. The summed E-state index contributed by atoms with van der Waals surface area (Å²) >= 11 is 5.77. The minimum absolute atomic E-state index is 0.0609. The molecule has 0 heterocycles. The highest BCUT2D eigenvalue weighted by atomic mass is 35.5. The van der Waals surface area contributed by atoms with Crippen molar-refractivity contribution in [3.8, 4) is 0 Å². The predicted octanol–water partition coefficient (Wildman–Crippen LogP) is 3.18. The van der Waals surface area contributed by atoms with Crippen molar-refractivity contribution in [1.29, 1.82) is 0 Å². The molecule has 0 aliphatic heterocycles. The van der Waals surface area contributed by atoms with Crippen molar-refractivity contribution in [1.82, 2.24) is 4.31 Å². The highest BCUT2D eigenvalue weighted by Crippen LogP contribution is 2.22. The highest BCUT2D eigenvalue weighted by Gasteiger charge is 2.26. The van der Waals surface area contributed by atoms with Crippen LogP contribution in [0.5, 0.6) is 0 Å². The average Bonchev–Trinajstić information content (AvgIpc) is 2.55. The summed E-state index contributed by atoms with van der Waals surface area (Å²) in [6, 6.07) is 7.89. The van der Waals surface area contributed by atoms with Gasteiger partial charge in [0, 0.05) is 18.6 Å². The van der Waals surface area contributed by atoms with Crippen molar-refractivity contribution in [2.75, 3.05) is 13.6 Å². The number of rotatable bonds is 6. The van der Waals surface area contributed by atoms with Gasteiger partial charge in [0.2, 0.25) is 10.0 Å². The van der Waals surface area contributed by atoms with Crippen LogP contribution in [0.1, 0.15) is 15.9 Å². The van der Waals surface area contributed by atoms with E-state index in [1.165, 1.54) is 7.05 Å². The molecule has 2 aromatic rings. The molecule has 2 rings (SSSR count). The number of hydrogen-bond donors (Lipinski definition) is 1. The fourth-order valence-corrected chi connectivity index (χ4v) is 3.44. The lowest BCUT2D eigenvalue weighted by Gasteiger charge is -2.18. The Morgan fingerprint density at radius 1 is 1.20 bits per heavy atom. The van der Waals surface area contributed by atoms with E-state index >= 15 is 0 Å². The topological polar surface area (TPSA) is 74.7 Å². The molecule has 0 unspecified atom stereocenters. The van der Waals surface area contributed by atoms with E-state index in [1.807, 2.05) is 0 Å². The molecule has 1 N–H and O–H groups in total. The van der Waals surface area contributed by atoms with Gasteiger partial charge in [0.1, 0.15) is 0 Å². The third-order valence-electron chi connectivity index (χ3n) is 3.57. The molecular formula is C16H14ClF2NO4S. The summed E-state index contributed by atoms with van der Waals surface area (Å²) in [5.74, 6) is -4.89. The molecule has 0 bridgehead atoms. The van der Waals surface area contributed by atoms with Crippen LogP contribution >= 0.6 is 11.6 Å². The van der Waals surface area contributed by atoms with Gasteiger partial charge in [0.05, 0.1) is 10.5 Å². The first kappa shape index (κ1) is 19.3. The van der Waals surface area contributed by atoms with Gasteiger partial charge in [-0.15, -0.1) is 0 Å². The molecule has 0 radical (unpaired) electrons. The maximum absolute atomic E-state index is 13.5. The molecule has 2 aromatic carbocycles. The van der Waals surface area contributed by atoms with E-state index in [1.54, 1.807) is 24.3 Å². The van der Waals surface area contributed by atoms with Crippen LogP contribution in [0.2, 0.25) is 5.02 Å². The van der Waals surface area contributed by atoms with Crippen LogP contribution in [-0.2, 0) is 16.4 Å². The molecule has 0 aliphatic carbocycles. The zero-order valence-corrected chi connectivity index (χ0v) is 14.6. The summed E-state index contributed by atoms with van der Waals surface area (Å²) in [5, 5.41) is 9.42. The minimum Gasteiger partial charge on any atom is -0.478 e. The summed E-state index contributed by atoms with van der Waals surface area (Å²) in [5.41, 5.74) is -0.201. The van der Waals surface area contributed by atoms with Gasteiger partial charge in [0.15, 0.2) is 11.6 Å². The van der Waals surface area contributed by atoms with Crippen molar-refractivity contribution in [2.45, 2.75) is 11.3 Å². The number of nitrogens with zero attached hydrogens (tertiary/aromatic N) is 1. The maximum Gasteiger partial charge on any atom is 0.338 e. The van der Waals surface area contributed by atoms with Crippen LogP contribution in [0.4, 0.5) is 8.78 Å². The molecule has 9 heteroatoms. The molecule has 0 fully saturated rings. The second-order valence-electron chi connectivity index (χ2n) is 5.27. The average molecular weight is 390 g/mol. The van der Waals surface area contributed by atoms with Crippen molar-refractivity contribution < 1.29 is 27.1 Å². The van der Waals surface area contributed by atoms with Gasteiger partial charge in [-0.2, -0.15) is 0 Å². The zero-order valence-electron chi connectivity index (χ0n) is 13.0. The SMILES string of the molecule is CN(CCc1ccc(Cl)cc1)S(=O)(=O)c1cc(F)c(F)c(C(=O)O)c1. The summed E-state index contributed by atoms with van der Waals surface area (Å²) < 4.78 is 52.9. The Morgan fingerprint density at radius 3 is 2.36 bits per heavy atom. The molecule has 25 heavy (non-hydrogen) atoms. The van der Waals surface area contributed by atoms with Crippen LogP contribution in [0.3, 0.4) is 0 Å². The molecule has 0 aliphatic rings. The molecular weight excluding hydrogens is 376 g/mol. The van der Waals surface area contributed by atoms with Gasteiger partial charge in [-0.3, -0.25) is 0 Å². The summed E-state index contributed by atoms with van der Waals surface area (Å²) in [6.45, 7) is 0.0609. The molecule has 0 aromatic heterocycles. The lowest BCUT2D eigenvalue weighted by molar-refractivity contribution is 0.0690. The third kappa shape index (κ3) is 4.33. The molecule has 134 valence electrons. The van der Waals surface area contributed by atoms with Gasteiger partial charge in [-0.1, -0.05) is 23.7 Å². The van der Waals surface area contributed by atoms with Gasteiger partial charge in [0.25, 0.3) is 0 Å². The zero-order chi connectivity index (χ0) is 18.8. The number of aromatic carboxylic acids is 1. The Balaban J connectivity index is 2.25. The fraction of sp³-hybridized carbons (Fsp3) is 0.188. The predicted molar refractivity (Wildman–Crippen MR) is 88.3 cm³/mol. The molecule has 0 saturated carbocycles. The van der Waals surface area contributed by atoms with Crippen LogP contribution in [0.25, 0.3) is 0 Å². The summed E-state index contributed by atoms with van der Waals surface area (Å²) in [6.07, 6.45) is 0.363. The lowest BCUT2D eigenvalue weighted by Crippen LogP contribution is -2.29. The van der Waals surface area contributed by atoms with Crippen molar-refractivity contribution >= 4 is 27.6 Å².